The normalized spacial score (nSPS) is 14.5. The molecule has 0 unspecified atom stereocenters. The molecule has 0 aliphatic carbocycles. The minimum absolute atomic E-state index is 0.715. The first kappa shape index (κ1) is 16.0. The van der Waals surface area contributed by atoms with Crippen molar-refractivity contribution in [1.82, 2.24) is 9.80 Å². The van der Waals surface area contributed by atoms with Crippen molar-refractivity contribution in [2.24, 2.45) is 0 Å². The molecule has 17 heavy (non-hydrogen) atoms. The molecule has 0 spiro atoms. The molecule has 0 saturated heterocycles. The predicted molar refractivity (Wildman–Crippen MR) is 70.0 cm³/mol. The Morgan fingerprint density at radius 3 is 2.41 bits per heavy atom. The van der Waals surface area contributed by atoms with Crippen LogP contribution < -0.4 is 0 Å². The Morgan fingerprint density at radius 1 is 1.41 bits per heavy atom. The quantitative estimate of drug-likeness (QED) is 0.601. The van der Waals surface area contributed by atoms with Gasteiger partial charge >= 0.3 is 0 Å². The Balaban J connectivity index is 0.000000437. The van der Waals surface area contributed by atoms with Gasteiger partial charge in [0, 0.05) is 25.5 Å². The van der Waals surface area contributed by atoms with Gasteiger partial charge < -0.3 is 9.80 Å². The first-order valence-electron chi connectivity index (χ1n) is 5.56. The van der Waals surface area contributed by atoms with Gasteiger partial charge in [-0.2, -0.15) is 8.42 Å². The fourth-order valence-electron chi connectivity index (χ4n) is 1.31. The first-order chi connectivity index (χ1) is 7.86. The highest BCUT2D eigenvalue weighted by molar-refractivity contribution is 7.85. The molecule has 0 bridgehead atoms. The second kappa shape index (κ2) is 8.14. The summed E-state index contributed by atoms with van der Waals surface area (Å²) in [6.07, 6.45) is 9.51. The molecular weight excluding hydrogens is 240 g/mol. The van der Waals surface area contributed by atoms with Crippen LogP contribution in [0.2, 0.25) is 0 Å². The van der Waals surface area contributed by atoms with Gasteiger partial charge in [-0.05, 0) is 6.42 Å². The van der Waals surface area contributed by atoms with E-state index in [0.717, 1.165) is 13.2 Å². The highest BCUT2D eigenvalue weighted by atomic mass is 32.2. The van der Waals surface area contributed by atoms with Crippen LogP contribution >= 0.6 is 0 Å². The lowest BCUT2D eigenvalue weighted by Crippen LogP contribution is -2.25. The van der Waals surface area contributed by atoms with Crippen LogP contribution in [-0.2, 0) is 10.1 Å². The summed E-state index contributed by atoms with van der Waals surface area (Å²) in [5.74, 6) is 0. The third-order valence-electron chi connectivity index (χ3n) is 2.01. The molecule has 0 aromatic carbocycles. The summed E-state index contributed by atoms with van der Waals surface area (Å²) < 4.78 is 25.9. The molecule has 0 saturated carbocycles. The van der Waals surface area contributed by atoms with Crippen molar-refractivity contribution in [2.45, 2.75) is 19.8 Å². The summed E-state index contributed by atoms with van der Waals surface area (Å²) in [7, 11) is -3.67. The largest absolute Gasteiger partial charge is 0.359 e. The van der Waals surface area contributed by atoms with Gasteiger partial charge in [-0.1, -0.05) is 19.4 Å². The van der Waals surface area contributed by atoms with Crippen molar-refractivity contribution in [2.75, 3.05) is 26.0 Å². The highest BCUT2D eigenvalue weighted by Gasteiger charge is 2.08. The van der Waals surface area contributed by atoms with Crippen molar-refractivity contribution in [3.8, 4) is 0 Å². The summed E-state index contributed by atoms with van der Waals surface area (Å²) in [5.41, 5.74) is 0. The smallest absolute Gasteiger partial charge is 0.261 e. The third kappa shape index (κ3) is 11.3. The SMILES string of the molecule is C=CCN1C=CN(CCCC)C1.CS(=O)(=O)O. The van der Waals surface area contributed by atoms with Gasteiger partial charge in [0.25, 0.3) is 10.1 Å². The zero-order valence-corrected chi connectivity index (χ0v) is 11.4. The van der Waals surface area contributed by atoms with E-state index in [-0.39, 0.29) is 0 Å². The van der Waals surface area contributed by atoms with Crippen LogP contribution in [0.1, 0.15) is 19.8 Å². The maximum Gasteiger partial charge on any atom is 0.261 e. The van der Waals surface area contributed by atoms with E-state index in [9.17, 15) is 8.42 Å². The fraction of sp³-hybridized carbons (Fsp3) is 0.636. The second-order valence-corrected chi connectivity index (χ2v) is 5.36. The lowest BCUT2D eigenvalue weighted by Gasteiger charge is -2.19. The average Bonchev–Trinajstić information content (AvgIpc) is 2.61. The minimum Gasteiger partial charge on any atom is -0.359 e. The summed E-state index contributed by atoms with van der Waals surface area (Å²) in [6, 6.07) is 0. The Hall–Kier alpha value is -1.01. The van der Waals surface area contributed by atoms with E-state index in [1.54, 1.807) is 0 Å². The summed E-state index contributed by atoms with van der Waals surface area (Å²) in [4.78, 5) is 4.59. The Morgan fingerprint density at radius 2 is 1.94 bits per heavy atom. The third-order valence-corrected chi connectivity index (χ3v) is 2.01. The molecule has 0 atom stereocenters. The monoisotopic (exact) mass is 262 g/mol. The summed E-state index contributed by atoms with van der Waals surface area (Å²) in [5, 5.41) is 0. The van der Waals surface area contributed by atoms with Crippen LogP contribution in [0.15, 0.2) is 25.1 Å². The number of nitrogens with zero attached hydrogens (tertiary/aromatic N) is 2. The molecule has 5 nitrogen and oxygen atoms in total. The van der Waals surface area contributed by atoms with Crippen LogP contribution in [0.4, 0.5) is 0 Å². The zero-order chi connectivity index (χ0) is 13.3. The number of unbranched alkanes of at least 4 members (excludes halogenated alkanes) is 1. The van der Waals surface area contributed by atoms with Crippen molar-refractivity contribution in [3.05, 3.63) is 25.1 Å². The van der Waals surface area contributed by atoms with Gasteiger partial charge in [-0.15, -0.1) is 6.58 Å². The van der Waals surface area contributed by atoms with E-state index in [0.29, 0.717) is 6.26 Å². The van der Waals surface area contributed by atoms with Crippen LogP contribution in [-0.4, -0.2) is 48.8 Å². The van der Waals surface area contributed by atoms with Crippen LogP contribution in [0, 0.1) is 0 Å². The lowest BCUT2D eigenvalue weighted by atomic mass is 10.3. The maximum atomic E-state index is 9.19. The van der Waals surface area contributed by atoms with Crippen LogP contribution in [0.5, 0.6) is 0 Å². The molecule has 1 rings (SSSR count). The zero-order valence-electron chi connectivity index (χ0n) is 10.5. The van der Waals surface area contributed by atoms with E-state index >= 15 is 0 Å². The standard InChI is InChI=1S/C10H18N2.CH4O3S/c1-3-5-7-12-9-8-11(10-12)6-4-2;1-5(2,3)4/h4,8-9H,2-3,5-7,10H2,1H3;1H3,(H,2,3,4). The Labute approximate surface area is 104 Å². The van der Waals surface area contributed by atoms with Gasteiger partial charge in [-0.3, -0.25) is 4.55 Å². The molecule has 0 amide bonds. The molecule has 0 aromatic rings. The highest BCUT2D eigenvalue weighted by Crippen LogP contribution is 2.06. The van der Waals surface area contributed by atoms with Crippen LogP contribution in [0.25, 0.3) is 0 Å². The van der Waals surface area contributed by atoms with Gasteiger partial charge in [0.2, 0.25) is 0 Å². The van der Waals surface area contributed by atoms with E-state index in [1.165, 1.54) is 19.4 Å². The van der Waals surface area contributed by atoms with Gasteiger partial charge in [0.1, 0.15) is 0 Å². The molecule has 1 N–H and O–H groups in total. The summed E-state index contributed by atoms with van der Waals surface area (Å²) in [6.45, 7) is 9.11. The molecule has 0 fully saturated rings. The van der Waals surface area contributed by atoms with Crippen LogP contribution in [0.3, 0.4) is 0 Å². The Kier molecular flexibility index (Phi) is 7.65. The van der Waals surface area contributed by atoms with E-state index < -0.39 is 10.1 Å². The molecular formula is C11H22N2O3S. The van der Waals surface area contributed by atoms with Gasteiger partial charge in [-0.25, -0.2) is 0 Å². The maximum absolute atomic E-state index is 9.19. The average molecular weight is 262 g/mol. The van der Waals surface area contributed by atoms with E-state index in [4.69, 9.17) is 4.55 Å². The topological polar surface area (TPSA) is 60.9 Å². The summed E-state index contributed by atoms with van der Waals surface area (Å²) >= 11 is 0. The van der Waals surface area contributed by atoms with Crippen molar-refractivity contribution < 1.29 is 13.0 Å². The molecule has 1 heterocycles. The number of rotatable bonds is 5. The number of hydrogen-bond donors (Lipinski definition) is 1. The molecule has 100 valence electrons. The predicted octanol–water partition coefficient (Wildman–Crippen LogP) is 1.52. The molecule has 6 heteroatoms. The van der Waals surface area contributed by atoms with Gasteiger partial charge in [0.05, 0.1) is 12.9 Å². The lowest BCUT2D eigenvalue weighted by molar-refractivity contribution is 0.278. The Bertz CT molecular complexity index is 331. The minimum atomic E-state index is -3.67. The molecule has 1 aliphatic heterocycles. The fourth-order valence-corrected chi connectivity index (χ4v) is 1.31. The molecule has 0 radical (unpaired) electrons. The number of hydrogen-bond acceptors (Lipinski definition) is 4. The van der Waals surface area contributed by atoms with Crippen molar-refractivity contribution in [3.63, 3.8) is 0 Å². The van der Waals surface area contributed by atoms with Crippen molar-refractivity contribution >= 4 is 10.1 Å². The second-order valence-electron chi connectivity index (χ2n) is 3.90. The molecule has 1 aliphatic rings. The van der Waals surface area contributed by atoms with Crippen molar-refractivity contribution in [1.29, 1.82) is 0 Å². The molecule has 0 aromatic heterocycles. The van der Waals surface area contributed by atoms with E-state index in [2.05, 4.69) is 35.7 Å². The first-order valence-corrected chi connectivity index (χ1v) is 7.41. The van der Waals surface area contributed by atoms with Gasteiger partial charge in [0.15, 0.2) is 0 Å². The van der Waals surface area contributed by atoms with E-state index in [1.807, 2.05) is 6.08 Å².